The maximum Gasteiger partial charge on any atom is 0.0506 e. The predicted molar refractivity (Wildman–Crippen MR) is 103 cm³/mol. The number of nitrogens with one attached hydrogen (secondary N) is 1. The van der Waals surface area contributed by atoms with Crippen molar-refractivity contribution in [1.29, 1.82) is 0 Å². The van der Waals surface area contributed by atoms with Crippen LogP contribution in [-0.2, 0) is 6.42 Å². The second-order valence-corrected chi connectivity index (χ2v) is 7.17. The molecule has 3 rings (SSSR count). The lowest BCUT2D eigenvalue weighted by molar-refractivity contribution is 0.748. The van der Waals surface area contributed by atoms with Crippen molar-refractivity contribution in [1.82, 2.24) is 4.98 Å². The van der Waals surface area contributed by atoms with Crippen LogP contribution in [0.4, 0.5) is 0 Å². The summed E-state index contributed by atoms with van der Waals surface area (Å²) in [6.07, 6.45) is 3.06. The Morgan fingerprint density at radius 3 is 2.74 bits per heavy atom. The molecule has 0 aliphatic carbocycles. The highest BCUT2D eigenvalue weighted by Gasteiger charge is 2.16. The average molecular weight is 392 g/mol. The number of benzene rings is 2. The van der Waals surface area contributed by atoms with Crippen LogP contribution in [0.1, 0.15) is 24.0 Å². The first-order chi connectivity index (χ1) is 11.1. The largest absolute Gasteiger partial charge is 0.354 e. The molecular weight excluding hydrogens is 372 g/mol. The zero-order valence-electron chi connectivity index (χ0n) is 13.1. The van der Waals surface area contributed by atoms with Crippen LogP contribution in [0, 0.1) is 6.92 Å². The Labute approximate surface area is 150 Å². The number of halogens is 2. The summed E-state index contributed by atoms with van der Waals surface area (Å²) in [5.74, 6) is 0. The van der Waals surface area contributed by atoms with E-state index in [1.54, 1.807) is 0 Å². The highest BCUT2D eigenvalue weighted by Crippen LogP contribution is 2.37. The Morgan fingerprint density at radius 2 is 2.00 bits per heavy atom. The third-order valence-corrected chi connectivity index (χ3v) is 5.02. The standard InChI is InChI=1S/C19H20BrClN2/c1-12-8-9-16(21)17-15(7-2-3-10-22)19(23-18(12)17)13-5-4-6-14(20)11-13/h4-6,8-9,11,23H,2-3,7,10,22H2,1H3. The van der Waals surface area contributed by atoms with E-state index >= 15 is 0 Å². The molecule has 0 aliphatic heterocycles. The lowest BCUT2D eigenvalue weighted by Gasteiger charge is -2.06. The van der Waals surface area contributed by atoms with Gasteiger partial charge in [0.1, 0.15) is 0 Å². The number of nitrogens with two attached hydrogens (primary N) is 1. The van der Waals surface area contributed by atoms with E-state index in [1.807, 2.05) is 12.1 Å². The van der Waals surface area contributed by atoms with Crippen molar-refractivity contribution in [2.45, 2.75) is 26.2 Å². The smallest absolute Gasteiger partial charge is 0.0506 e. The summed E-state index contributed by atoms with van der Waals surface area (Å²) in [4.78, 5) is 3.61. The number of aryl methyl sites for hydroxylation is 2. The fraction of sp³-hybridized carbons (Fsp3) is 0.263. The molecule has 0 amide bonds. The first-order valence-corrected chi connectivity index (χ1v) is 9.04. The number of aromatic amines is 1. The summed E-state index contributed by atoms with van der Waals surface area (Å²) in [5, 5.41) is 1.96. The van der Waals surface area contributed by atoms with Gasteiger partial charge in [0.15, 0.2) is 0 Å². The van der Waals surface area contributed by atoms with Gasteiger partial charge in [-0.1, -0.05) is 45.7 Å². The molecule has 0 saturated carbocycles. The van der Waals surface area contributed by atoms with Crippen molar-refractivity contribution in [2.24, 2.45) is 5.73 Å². The van der Waals surface area contributed by atoms with Crippen molar-refractivity contribution in [3.05, 3.63) is 57.0 Å². The Balaban J connectivity index is 2.21. The number of rotatable bonds is 5. The van der Waals surface area contributed by atoms with Crippen LogP contribution in [0.2, 0.25) is 5.02 Å². The summed E-state index contributed by atoms with van der Waals surface area (Å²) < 4.78 is 1.07. The maximum absolute atomic E-state index is 6.53. The summed E-state index contributed by atoms with van der Waals surface area (Å²) >= 11 is 10.1. The number of H-pyrrole nitrogens is 1. The van der Waals surface area contributed by atoms with Gasteiger partial charge in [-0.15, -0.1) is 0 Å². The number of unbranched alkanes of at least 4 members (excludes halogenated alkanes) is 1. The van der Waals surface area contributed by atoms with E-state index in [-0.39, 0.29) is 0 Å². The first kappa shape index (κ1) is 16.6. The molecule has 3 N–H and O–H groups in total. The lowest BCUT2D eigenvalue weighted by Crippen LogP contribution is -1.99. The quantitative estimate of drug-likeness (QED) is 0.527. The lowest BCUT2D eigenvalue weighted by atomic mass is 9.99. The molecule has 0 fully saturated rings. The second-order valence-electron chi connectivity index (χ2n) is 5.85. The highest BCUT2D eigenvalue weighted by molar-refractivity contribution is 9.10. The van der Waals surface area contributed by atoms with Crippen LogP contribution in [0.25, 0.3) is 22.2 Å². The van der Waals surface area contributed by atoms with Gasteiger partial charge in [0, 0.05) is 15.6 Å². The minimum atomic E-state index is 0.724. The van der Waals surface area contributed by atoms with E-state index in [2.05, 4.69) is 52.1 Å². The SMILES string of the molecule is Cc1ccc(Cl)c2c(CCCCN)c(-c3cccc(Br)c3)[nH]c12. The van der Waals surface area contributed by atoms with Gasteiger partial charge in [-0.3, -0.25) is 0 Å². The van der Waals surface area contributed by atoms with Crippen LogP contribution in [0.15, 0.2) is 40.9 Å². The summed E-state index contributed by atoms with van der Waals surface area (Å²) in [6, 6.07) is 12.4. The van der Waals surface area contributed by atoms with Gasteiger partial charge in [0.25, 0.3) is 0 Å². The Kier molecular flexibility index (Phi) is 5.10. The second kappa shape index (κ2) is 7.08. The zero-order valence-corrected chi connectivity index (χ0v) is 15.5. The number of hydrogen-bond acceptors (Lipinski definition) is 1. The molecule has 2 nitrogen and oxygen atoms in total. The van der Waals surface area contributed by atoms with Crippen LogP contribution >= 0.6 is 27.5 Å². The molecule has 1 aromatic heterocycles. The van der Waals surface area contributed by atoms with E-state index in [0.717, 1.165) is 51.9 Å². The van der Waals surface area contributed by atoms with Crippen molar-refractivity contribution >= 4 is 38.4 Å². The minimum absolute atomic E-state index is 0.724. The summed E-state index contributed by atoms with van der Waals surface area (Å²) in [5.41, 5.74) is 11.6. The molecule has 120 valence electrons. The molecule has 0 spiro atoms. The van der Waals surface area contributed by atoms with Gasteiger partial charge >= 0.3 is 0 Å². The van der Waals surface area contributed by atoms with Crippen LogP contribution in [-0.4, -0.2) is 11.5 Å². The molecule has 2 aromatic carbocycles. The van der Waals surface area contributed by atoms with Gasteiger partial charge in [-0.25, -0.2) is 0 Å². The van der Waals surface area contributed by atoms with Crippen molar-refractivity contribution in [3.8, 4) is 11.3 Å². The molecule has 0 saturated heterocycles. The molecule has 1 heterocycles. The molecule has 0 radical (unpaired) electrons. The van der Waals surface area contributed by atoms with E-state index in [1.165, 1.54) is 16.7 Å². The van der Waals surface area contributed by atoms with E-state index < -0.39 is 0 Å². The van der Waals surface area contributed by atoms with Gasteiger partial charge in [-0.05, 0) is 67.6 Å². The van der Waals surface area contributed by atoms with E-state index in [0.29, 0.717) is 0 Å². The summed E-state index contributed by atoms with van der Waals surface area (Å²) in [6.45, 7) is 2.84. The number of aromatic nitrogens is 1. The minimum Gasteiger partial charge on any atom is -0.354 e. The van der Waals surface area contributed by atoms with Gasteiger partial charge in [-0.2, -0.15) is 0 Å². The monoisotopic (exact) mass is 390 g/mol. The molecule has 3 aromatic rings. The number of fused-ring (bicyclic) bond motifs is 1. The van der Waals surface area contributed by atoms with Crippen LogP contribution < -0.4 is 5.73 Å². The fourth-order valence-corrected chi connectivity index (χ4v) is 3.72. The van der Waals surface area contributed by atoms with Crippen molar-refractivity contribution in [3.63, 3.8) is 0 Å². The van der Waals surface area contributed by atoms with Gasteiger partial charge in [0.05, 0.1) is 10.5 Å². The highest BCUT2D eigenvalue weighted by atomic mass is 79.9. The Morgan fingerprint density at radius 1 is 1.17 bits per heavy atom. The van der Waals surface area contributed by atoms with Crippen molar-refractivity contribution in [2.75, 3.05) is 6.54 Å². The fourth-order valence-electron chi connectivity index (χ4n) is 3.05. The van der Waals surface area contributed by atoms with Crippen LogP contribution in [0.3, 0.4) is 0 Å². The maximum atomic E-state index is 6.53. The van der Waals surface area contributed by atoms with Crippen molar-refractivity contribution < 1.29 is 0 Å². The normalized spacial score (nSPS) is 11.3. The Bertz CT molecular complexity index is 839. The van der Waals surface area contributed by atoms with E-state index in [4.69, 9.17) is 17.3 Å². The summed E-state index contributed by atoms with van der Waals surface area (Å²) in [7, 11) is 0. The van der Waals surface area contributed by atoms with Gasteiger partial charge in [0.2, 0.25) is 0 Å². The Hall–Kier alpha value is -1.29. The molecule has 0 aliphatic rings. The van der Waals surface area contributed by atoms with E-state index in [9.17, 15) is 0 Å². The first-order valence-electron chi connectivity index (χ1n) is 7.87. The number of hydrogen-bond donors (Lipinski definition) is 2. The van der Waals surface area contributed by atoms with Crippen LogP contribution in [0.5, 0.6) is 0 Å². The predicted octanol–water partition coefficient (Wildman–Crippen LogP) is 5.84. The molecule has 0 bridgehead atoms. The average Bonchev–Trinajstić information content (AvgIpc) is 2.92. The molecule has 23 heavy (non-hydrogen) atoms. The molecule has 0 atom stereocenters. The third-order valence-electron chi connectivity index (χ3n) is 4.21. The molecular formula is C19H20BrClN2. The topological polar surface area (TPSA) is 41.8 Å². The molecule has 0 unspecified atom stereocenters. The zero-order chi connectivity index (χ0) is 16.4. The third kappa shape index (κ3) is 3.32. The molecule has 4 heteroatoms. The van der Waals surface area contributed by atoms with Gasteiger partial charge < -0.3 is 10.7 Å².